The Bertz CT molecular complexity index is 1380. The van der Waals surface area contributed by atoms with Gasteiger partial charge in [-0.25, -0.2) is 23.1 Å². The average molecular weight is 450 g/mol. The lowest BCUT2D eigenvalue weighted by Crippen LogP contribution is -2.14. The van der Waals surface area contributed by atoms with Crippen LogP contribution in [0.3, 0.4) is 0 Å². The number of nitrogens with one attached hydrogen (secondary N) is 1. The number of anilines is 1. The zero-order chi connectivity index (χ0) is 22.9. The minimum atomic E-state index is -3.69. The van der Waals surface area contributed by atoms with E-state index in [1.54, 1.807) is 54.1 Å². The third-order valence-corrected chi connectivity index (χ3v) is 6.34. The lowest BCUT2D eigenvalue weighted by atomic mass is 10.2. The molecule has 0 spiro atoms. The van der Waals surface area contributed by atoms with Crippen molar-refractivity contribution in [2.24, 2.45) is 0 Å². The molecule has 0 unspecified atom stereocenters. The van der Waals surface area contributed by atoms with Crippen molar-refractivity contribution in [3.63, 3.8) is 0 Å². The normalized spacial score (nSPS) is 11.4. The largest absolute Gasteiger partial charge is 0.439 e. The molecule has 9 heteroatoms. The van der Waals surface area contributed by atoms with Gasteiger partial charge >= 0.3 is 0 Å². The molecule has 164 valence electrons. The van der Waals surface area contributed by atoms with Crippen LogP contribution in [0.5, 0.6) is 11.6 Å². The van der Waals surface area contributed by atoms with Gasteiger partial charge in [-0.3, -0.25) is 4.72 Å². The minimum Gasteiger partial charge on any atom is -0.439 e. The highest BCUT2D eigenvalue weighted by molar-refractivity contribution is 7.92. The molecule has 8 nitrogen and oxygen atoms in total. The average Bonchev–Trinajstić information content (AvgIpc) is 3.07. The number of hydrogen-bond donors (Lipinski definition) is 1. The number of aryl methyl sites for hydroxylation is 4. The van der Waals surface area contributed by atoms with Crippen LogP contribution in [-0.4, -0.2) is 28.2 Å². The predicted octanol–water partition coefficient (Wildman–Crippen LogP) is 4.49. The Morgan fingerprint density at radius 1 is 0.906 bits per heavy atom. The third kappa shape index (κ3) is 4.62. The molecular weight excluding hydrogens is 426 g/mol. The van der Waals surface area contributed by atoms with Crippen LogP contribution in [-0.2, 0) is 10.0 Å². The van der Waals surface area contributed by atoms with Crippen LogP contribution in [0.2, 0.25) is 0 Å². The van der Waals surface area contributed by atoms with Crippen LogP contribution < -0.4 is 9.46 Å². The molecule has 0 aliphatic rings. The van der Waals surface area contributed by atoms with E-state index in [1.165, 1.54) is 6.33 Å². The van der Waals surface area contributed by atoms with E-state index in [0.717, 1.165) is 17.0 Å². The molecule has 0 saturated carbocycles. The molecule has 0 aliphatic heterocycles. The first-order chi connectivity index (χ1) is 15.2. The molecule has 2 aromatic heterocycles. The van der Waals surface area contributed by atoms with Crippen molar-refractivity contribution < 1.29 is 13.2 Å². The molecule has 0 radical (unpaired) electrons. The van der Waals surface area contributed by atoms with Gasteiger partial charge in [-0.15, -0.1) is 0 Å². The second-order valence-electron chi connectivity index (χ2n) is 7.55. The molecule has 32 heavy (non-hydrogen) atoms. The first-order valence-corrected chi connectivity index (χ1v) is 11.4. The smallest absolute Gasteiger partial charge is 0.262 e. The Balaban J connectivity index is 1.50. The van der Waals surface area contributed by atoms with E-state index in [1.807, 2.05) is 32.9 Å². The van der Waals surface area contributed by atoms with Gasteiger partial charge in [0, 0.05) is 17.4 Å². The van der Waals surface area contributed by atoms with Crippen molar-refractivity contribution in [2.75, 3.05) is 4.72 Å². The minimum absolute atomic E-state index is 0.251. The molecule has 1 N–H and O–H groups in total. The summed E-state index contributed by atoms with van der Waals surface area (Å²) in [7, 11) is -3.69. The predicted molar refractivity (Wildman–Crippen MR) is 122 cm³/mol. The van der Waals surface area contributed by atoms with Crippen molar-refractivity contribution in [2.45, 2.75) is 32.6 Å². The lowest BCUT2D eigenvalue weighted by molar-refractivity contribution is 0.460. The monoisotopic (exact) mass is 449 g/mol. The molecule has 4 rings (SSSR count). The molecule has 2 aromatic carbocycles. The molecule has 4 aromatic rings. The highest BCUT2D eigenvalue weighted by Crippen LogP contribution is 2.25. The summed E-state index contributed by atoms with van der Waals surface area (Å²) in [5, 5.41) is 4.42. The van der Waals surface area contributed by atoms with Crippen LogP contribution in [0.15, 0.2) is 65.8 Å². The zero-order valence-corrected chi connectivity index (χ0v) is 19.0. The van der Waals surface area contributed by atoms with Crippen LogP contribution in [0.25, 0.3) is 5.82 Å². The first kappa shape index (κ1) is 21.5. The summed E-state index contributed by atoms with van der Waals surface area (Å²) in [5.74, 6) is 1.46. The van der Waals surface area contributed by atoms with Crippen LogP contribution >= 0.6 is 0 Å². The van der Waals surface area contributed by atoms with E-state index < -0.39 is 10.0 Å². The van der Waals surface area contributed by atoms with E-state index in [9.17, 15) is 8.42 Å². The maximum atomic E-state index is 12.7. The van der Waals surface area contributed by atoms with E-state index in [4.69, 9.17) is 4.74 Å². The summed E-state index contributed by atoms with van der Waals surface area (Å²) in [6.07, 6.45) is 1.41. The highest BCUT2D eigenvalue weighted by atomic mass is 32.2. The molecular formula is C23H23N5O3S. The van der Waals surface area contributed by atoms with Gasteiger partial charge in [0.25, 0.3) is 10.0 Å². The van der Waals surface area contributed by atoms with Gasteiger partial charge in [0.15, 0.2) is 5.82 Å². The Labute approximate surface area is 187 Å². The number of rotatable bonds is 6. The molecule has 0 aliphatic carbocycles. The van der Waals surface area contributed by atoms with Gasteiger partial charge in [-0.05, 0) is 69.7 Å². The van der Waals surface area contributed by atoms with E-state index in [0.29, 0.717) is 28.7 Å². The maximum absolute atomic E-state index is 12.7. The Morgan fingerprint density at radius 3 is 2.31 bits per heavy atom. The number of sulfonamides is 1. The van der Waals surface area contributed by atoms with Crippen LogP contribution in [0.1, 0.15) is 22.5 Å². The van der Waals surface area contributed by atoms with Crippen LogP contribution in [0.4, 0.5) is 5.69 Å². The lowest BCUT2D eigenvalue weighted by Gasteiger charge is -2.12. The molecule has 2 heterocycles. The molecule has 0 amide bonds. The van der Waals surface area contributed by atoms with Gasteiger partial charge < -0.3 is 4.74 Å². The van der Waals surface area contributed by atoms with Crippen LogP contribution in [0, 0.1) is 27.7 Å². The Kier molecular flexibility index (Phi) is 5.67. The summed E-state index contributed by atoms with van der Waals surface area (Å²) < 4.78 is 35.6. The summed E-state index contributed by atoms with van der Waals surface area (Å²) >= 11 is 0. The maximum Gasteiger partial charge on any atom is 0.262 e. The Hall–Kier alpha value is -3.72. The zero-order valence-electron chi connectivity index (χ0n) is 18.2. The fourth-order valence-corrected chi connectivity index (χ4v) is 4.67. The fourth-order valence-electron chi connectivity index (χ4n) is 3.39. The highest BCUT2D eigenvalue weighted by Gasteiger charge is 2.17. The summed E-state index contributed by atoms with van der Waals surface area (Å²) in [4.78, 5) is 8.65. The molecule has 0 bridgehead atoms. The third-order valence-electron chi connectivity index (χ3n) is 4.80. The van der Waals surface area contributed by atoms with Gasteiger partial charge in [0.1, 0.15) is 12.1 Å². The molecule has 0 fully saturated rings. The number of hydrogen-bond acceptors (Lipinski definition) is 6. The number of benzene rings is 2. The quantitative estimate of drug-likeness (QED) is 0.466. The second kappa shape index (κ2) is 8.43. The van der Waals surface area contributed by atoms with E-state index in [-0.39, 0.29) is 4.90 Å². The summed E-state index contributed by atoms with van der Waals surface area (Å²) in [6, 6.07) is 15.5. The van der Waals surface area contributed by atoms with Crippen molar-refractivity contribution in [1.82, 2.24) is 19.7 Å². The first-order valence-electron chi connectivity index (χ1n) is 9.95. The Morgan fingerprint density at radius 2 is 1.66 bits per heavy atom. The summed E-state index contributed by atoms with van der Waals surface area (Å²) in [5.41, 5.74) is 3.98. The topological polar surface area (TPSA) is 99.0 Å². The summed E-state index contributed by atoms with van der Waals surface area (Å²) in [6.45, 7) is 7.56. The number of ether oxygens (including phenoxy) is 1. The van der Waals surface area contributed by atoms with Crippen molar-refractivity contribution in [3.05, 3.63) is 83.4 Å². The SMILES string of the molecule is Cc1ccc(S(=O)(=O)Nc2ccc(Oc3cc(-n4nc(C)cc4C)ncn3)cc2)c(C)c1. The van der Waals surface area contributed by atoms with E-state index in [2.05, 4.69) is 19.8 Å². The van der Waals surface area contributed by atoms with Crippen molar-refractivity contribution >= 4 is 15.7 Å². The van der Waals surface area contributed by atoms with Crippen molar-refractivity contribution in [1.29, 1.82) is 0 Å². The van der Waals surface area contributed by atoms with Gasteiger partial charge in [0.05, 0.1) is 10.6 Å². The van der Waals surface area contributed by atoms with Gasteiger partial charge in [0.2, 0.25) is 5.88 Å². The molecule has 0 saturated heterocycles. The number of aromatic nitrogens is 4. The van der Waals surface area contributed by atoms with E-state index >= 15 is 0 Å². The van der Waals surface area contributed by atoms with Gasteiger partial charge in [-0.2, -0.15) is 5.10 Å². The number of nitrogens with zero attached hydrogens (tertiary/aromatic N) is 4. The fraction of sp³-hybridized carbons (Fsp3) is 0.174. The molecule has 0 atom stereocenters. The van der Waals surface area contributed by atoms with Crippen molar-refractivity contribution in [3.8, 4) is 17.4 Å². The second-order valence-corrected chi connectivity index (χ2v) is 9.21. The van der Waals surface area contributed by atoms with Gasteiger partial charge in [-0.1, -0.05) is 17.7 Å². The standard InChI is InChI=1S/C23H23N5O3S/c1-15-5-10-21(16(2)11-15)32(29,30)27-19-6-8-20(9-7-19)31-23-13-22(24-14-25-23)28-18(4)12-17(3)26-28/h5-14,27H,1-4H3.